The summed E-state index contributed by atoms with van der Waals surface area (Å²) in [4.78, 5) is 12.3. The molecule has 2 aromatic rings. The van der Waals surface area contributed by atoms with Crippen molar-refractivity contribution < 1.29 is 22.7 Å². The number of carbonyl (C=O) groups excluding carboxylic acids is 1. The number of benzene rings is 2. The fraction of sp³-hybridized carbons (Fsp3) is 0.381. The van der Waals surface area contributed by atoms with Crippen molar-refractivity contribution in [2.75, 3.05) is 19.0 Å². The first-order valence-electron chi connectivity index (χ1n) is 9.19. The molecule has 0 atom stereocenters. The Hall–Kier alpha value is -2.70. The molecule has 0 bridgehead atoms. The highest BCUT2D eigenvalue weighted by molar-refractivity contribution is 5.89. The minimum absolute atomic E-state index is 0.109. The second-order valence-corrected chi connectivity index (χ2v) is 7.10. The molecule has 2 amide bonds. The van der Waals surface area contributed by atoms with Crippen molar-refractivity contribution in [3.8, 4) is 5.75 Å². The molecule has 0 aliphatic heterocycles. The van der Waals surface area contributed by atoms with Gasteiger partial charge >= 0.3 is 12.2 Å². The van der Waals surface area contributed by atoms with Gasteiger partial charge in [-0.2, -0.15) is 13.2 Å². The summed E-state index contributed by atoms with van der Waals surface area (Å²) >= 11 is 0. The van der Waals surface area contributed by atoms with E-state index < -0.39 is 17.8 Å². The number of hydrogen-bond donors (Lipinski definition) is 2. The van der Waals surface area contributed by atoms with Crippen LogP contribution in [-0.4, -0.2) is 19.7 Å². The van der Waals surface area contributed by atoms with Gasteiger partial charge in [-0.25, -0.2) is 4.79 Å². The third-order valence-corrected chi connectivity index (χ3v) is 5.30. The first-order valence-corrected chi connectivity index (χ1v) is 9.19. The Kier molecular flexibility index (Phi) is 5.82. The molecule has 1 aliphatic rings. The summed E-state index contributed by atoms with van der Waals surface area (Å²) in [5.41, 5.74) is 0.274. The first-order chi connectivity index (χ1) is 13.3. The summed E-state index contributed by atoms with van der Waals surface area (Å²) in [7, 11) is 1.61. The molecule has 0 radical (unpaired) electrons. The van der Waals surface area contributed by atoms with Crippen molar-refractivity contribution in [1.82, 2.24) is 5.32 Å². The van der Waals surface area contributed by atoms with Gasteiger partial charge in [0.05, 0.1) is 12.7 Å². The van der Waals surface area contributed by atoms with Crippen LogP contribution in [0.25, 0.3) is 0 Å². The zero-order valence-electron chi connectivity index (χ0n) is 15.6. The van der Waals surface area contributed by atoms with Gasteiger partial charge in [-0.05, 0) is 48.7 Å². The molecule has 2 aromatic carbocycles. The molecular formula is C21H23F3N2O2. The van der Waals surface area contributed by atoms with Crippen molar-refractivity contribution in [3.63, 3.8) is 0 Å². The second-order valence-electron chi connectivity index (χ2n) is 7.10. The van der Waals surface area contributed by atoms with Crippen molar-refractivity contribution in [2.45, 2.75) is 37.3 Å². The van der Waals surface area contributed by atoms with E-state index in [4.69, 9.17) is 4.74 Å². The van der Waals surface area contributed by atoms with Gasteiger partial charge in [-0.15, -0.1) is 0 Å². The Morgan fingerprint density at radius 1 is 1.11 bits per heavy atom. The molecule has 1 fully saturated rings. The van der Waals surface area contributed by atoms with Crippen LogP contribution in [0, 0.1) is 0 Å². The molecule has 1 aliphatic carbocycles. The van der Waals surface area contributed by atoms with Crippen molar-refractivity contribution in [3.05, 3.63) is 59.7 Å². The van der Waals surface area contributed by atoms with Gasteiger partial charge in [0.25, 0.3) is 0 Å². The average molecular weight is 392 g/mol. The largest absolute Gasteiger partial charge is 0.497 e. The predicted octanol–water partition coefficient (Wildman–Crippen LogP) is 5.35. The molecule has 1 saturated carbocycles. The lowest BCUT2D eigenvalue weighted by atomic mass is 9.79. The van der Waals surface area contributed by atoms with E-state index >= 15 is 0 Å². The number of halogens is 3. The lowest BCUT2D eigenvalue weighted by Crippen LogP contribution is -2.40. The van der Waals surface area contributed by atoms with Crippen LogP contribution in [0.3, 0.4) is 0 Å². The number of alkyl halides is 3. The fourth-order valence-corrected chi connectivity index (χ4v) is 3.76. The van der Waals surface area contributed by atoms with E-state index in [1.807, 2.05) is 24.3 Å². The van der Waals surface area contributed by atoms with Gasteiger partial charge in [0.1, 0.15) is 5.75 Å². The number of carbonyl (C=O) groups is 1. The number of nitrogens with one attached hydrogen (secondary N) is 2. The highest BCUT2D eigenvalue weighted by Gasteiger charge is 2.36. The minimum atomic E-state index is -4.45. The summed E-state index contributed by atoms with van der Waals surface area (Å²) in [6.45, 7) is 0.421. The molecule has 3 rings (SSSR count). The van der Waals surface area contributed by atoms with E-state index in [-0.39, 0.29) is 11.1 Å². The number of rotatable bonds is 5. The summed E-state index contributed by atoms with van der Waals surface area (Å²) in [6.07, 6.45) is -0.408. The van der Waals surface area contributed by atoms with E-state index in [1.165, 1.54) is 12.1 Å². The van der Waals surface area contributed by atoms with Crippen LogP contribution in [-0.2, 0) is 11.6 Å². The Bertz CT molecular complexity index is 813. The van der Waals surface area contributed by atoms with E-state index in [0.717, 1.165) is 49.1 Å². The maximum Gasteiger partial charge on any atom is 0.416 e. The molecular weight excluding hydrogens is 369 g/mol. The lowest BCUT2D eigenvalue weighted by molar-refractivity contribution is -0.137. The van der Waals surface area contributed by atoms with Crippen LogP contribution < -0.4 is 15.4 Å². The van der Waals surface area contributed by atoms with Gasteiger partial charge in [-0.3, -0.25) is 0 Å². The molecule has 28 heavy (non-hydrogen) atoms. The Labute approximate surface area is 162 Å². The quantitative estimate of drug-likeness (QED) is 0.721. The van der Waals surface area contributed by atoms with E-state index in [1.54, 1.807) is 7.11 Å². The highest BCUT2D eigenvalue weighted by atomic mass is 19.4. The molecule has 0 unspecified atom stereocenters. The fourth-order valence-electron chi connectivity index (χ4n) is 3.76. The molecule has 7 heteroatoms. The van der Waals surface area contributed by atoms with Gasteiger partial charge < -0.3 is 15.4 Å². The summed E-state index contributed by atoms with van der Waals surface area (Å²) < 4.78 is 43.6. The van der Waals surface area contributed by atoms with Crippen molar-refractivity contribution >= 4 is 11.7 Å². The third kappa shape index (κ3) is 4.58. The molecule has 0 spiro atoms. The van der Waals surface area contributed by atoms with Gasteiger partial charge in [0, 0.05) is 17.6 Å². The normalized spacial score (nSPS) is 15.9. The maximum atomic E-state index is 12.8. The Balaban J connectivity index is 1.66. The minimum Gasteiger partial charge on any atom is -0.497 e. The first kappa shape index (κ1) is 20.0. The standard InChI is InChI=1S/C21H23F3N2O2/c1-28-18-9-7-15(8-10-18)20(11-2-3-12-20)14-25-19(27)26-17-6-4-5-16(13-17)21(22,23)24/h4-10,13H,2-3,11-12,14H2,1H3,(H2,25,26,27). The van der Waals surface area contributed by atoms with Crippen LogP contribution in [0.15, 0.2) is 48.5 Å². The SMILES string of the molecule is COc1ccc(C2(CNC(=O)Nc3cccc(C(F)(F)F)c3)CCCC2)cc1. The topological polar surface area (TPSA) is 50.4 Å². The molecule has 0 aromatic heterocycles. The molecule has 150 valence electrons. The smallest absolute Gasteiger partial charge is 0.416 e. The second kappa shape index (κ2) is 8.12. The average Bonchev–Trinajstić information content (AvgIpc) is 3.16. The molecule has 0 saturated heterocycles. The molecule has 0 heterocycles. The Morgan fingerprint density at radius 3 is 2.39 bits per heavy atom. The summed E-state index contributed by atoms with van der Waals surface area (Å²) in [5, 5.41) is 5.33. The number of amides is 2. The van der Waals surface area contributed by atoms with Crippen LogP contribution in [0.4, 0.5) is 23.7 Å². The van der Waals surface area contributed by atoms with Crippen LogP contribution >= 0.6 is 0 Å². The number of anilines is 1. The van der Waals surface area contributed by atoms with Crippen LogP contribution in [0.5, 0.6) is 5.75 Å². The monoisotopic (exact) mass is 392 g/mol. The predicted molar refractivity (Wildman–Crippen MR) is 102 cm³/mol. The highest BCUT2D eigenvalue weighted by Crippen LogP contribution is 2.41. The summed E-state index contributed by atoms with van der Waals surface area (Å²) in [5.74, 6) is 0.771. The zero-order valence-corrected chi connectivity index (χ0v) is 15.6. The van der Waals surface area contributed by atoms with E-state index in [2.05, 4.69) is 10.6 Å². The van der Waals surface area contributed by atoms with Gasteiger partial charge in [-0.1, -0.05) is 31.0 Å². The summed E-state index contributed by atoms with van der Waals surface area (Å²) in [6, 6.07) is 11.9. The van der Waals surface area contributed by atoms with Gasteiger partial charge in [0.2, 0.25) is 0 Å². The number of urea groups is 1. The van der Waals surface area contributed by atoms with Crippen molar-refractivity contribution in [2.24, 2.45) is 0 Å². The third-order valence-electron chi connectivity index (χ3n) is 5.30. The number of ether oxygens (including phenoxy) is 1. The Morgan fingerprint density at radius 2 is 1.79 bits per heavy atom. The molecule has 4 nitrogen and oxygen atoms in total. The van der Waals surface area contributed by atoms with Crippen molar-refractivity contribution in [1.29, 1.82) is 0 Å². The zero-order chi connectivity index (χ0) is 20.2. The van der Waals surface area contributed by atoms with Crippen LogP contribution in [0.2, 0.25) is 0 Å². The lowest BCUT2D eigenvalue weighted by Gasteiger charge is -2.30. The number of hydrogen-bond acceptors (Lipinski definition) is 2. The van der Waals surface area contributed by atoms with E-state index in [0.29, 0.717) is 6.54 Å². The molecule has 2 N–H and O–H groups in total. The maximum absolute atomic E-state index is 12.8. The van der Waals surface area contributed by atoms with E-state index in [9.17, 15) is 18.0 Å². The van der Waals surface area contributed by atoms with Gasteiger partial charge in [0.15, 0.2) is 0 Å². The number of methoxy groups -OCH3 is 1. The van der Waals surface area contributed by atoms with Crippen LogP contribution in [0.1, 0.15) is 36.8 Å².